The summed E-state index contributed by atoms with van der Waals surface area (Å²) in [6.45, 7) is 3.70. The molecular formula is C13H19N3O. The Bertz CT molecular complexity index is 459. The monoisotopic (exact) mass is 233 g/mol. The quantitative estimate of drug-likeness (QED) is 0.831. The van der Waals surface area contributed by atoms with E-state index in [2.05, 4.69) is 21.8 Å². The molecule has 0 spiro atoms. The molecule has 0 aliphatic heterocycles. The third-order valence-electron chi connectivity index (χ3n) is 2.67. The van der Waals surface area contributed by atoms with Gasteiger partial charge in [-0.25, -0.2) is 4.98 Å². The van der Waals surface area contributed by atoms with Crippen molar-refractivity contribution in [2.45, 2.75) is 32.9 Å². The number of nitrogens with one attached hydrogen (secondary N) is 1. The second kappa shape index (κ2) is 5.68. The van der Waals surface area contributed by atoms with Crippen LogP contribution in [0.4, 0.5) is 0 Å². The van der Waals surface area contributed by atoms with E-state index >= 15 is 0 Å². The molecule has 2 rings (SSSR count). The maximum atomic E-state index is 5.72. The van der Waals surface area contributed by atoms with Crippen molar-refractivity contribution < 1.29 is 4.42 Å². The molecule has 17 heavy (non-hydrogen) atoms. The topological polar surface area (TPSA) is 43.0 Å². The van der Waals surface area contributed by atoms with Crippen molar-refractivity contribution in [1.29, 1.82) is 0 Å². The van der Waals surface area contributed by atoms with E-state index in [1.807, 2.05) is 31.6 Å². The van der Waals surface area contributed by atoms with Crippen LogP contribution in [0.2, 0.25) is 0 Å². The van der Waals surface area contributed by atoms with E-state index in [4.69, 9.17) is 4.42 Å². The largest absolute Gasteiger partial charge is 0.463 e. The van der Waals surface area contributed by atoms with Crippen LogP contribution in [-0.4, -0.2) is 16.6 Å². The minimum absolute atomic E-state index is 0.763. The molecule has 0 aliphatic rings. The fourth-order valence-corrected chi connectivity index (χ4v) is 1.88. The van der Waals surface area contributed by atoms with Crippen LogP contribution in [0.3, 0.4) is 0 Å². The summed E-state index contributed by atoms with van der Waals surface area (Å²) in [5.74, 6) is 3.07. The van der Waals surface area contributed by atoms with Crippen LogP contribution in [0, 0.1) is 0 Å². The minimum Gasteiger partial charge on any atom is -0.463 e. The van der Waals surface area contributed by atoms with Crippen molar-refractivity contribution in [2.75, 3.05) is 7.05 Å². The summed E-state index contributed by atoms with van der Waals surface area (Å²) in [5.41, 5.74) is 0. The number of nitrogens with zero attached hydrogens (tertiary/aromatic N) is 2. The molecule has 2 aromatic rings. The zero-order valence-corrected chi connectivity index (χ0v) is 10.4. The Hall–Kier alpha value is -1.55. The summed E-state index contributed by atoms with van der Waals surface area (Å²) in [5, 5.41) is 3.07. The molecule has 0 bridgehead atoms. The number of furan rings is 1. The lowest BCUT2D eigenvalue weighted by Gasteiger charge is -2.04. The lowest BCUT2D eigenvalue weighted by molar-refractivity contribution is 0.441. The zero-order chi connectivity index (χ0) is 12.1. The van der Waals surface area contributed by atoms with Crippen LogP contribution < -0.4 is 5.32 Å². The van der Waals surface area contributed by atoms with E-state index in [0.717, 1.165) is 43.3 Å². The Balaban J connectivity index is 2.05. The van der Waals surface area contributed by atoms with Gasteiger partial charge in [-0.3, -0.25) is 0 Å². The molecule has 4 heteroatoms. The Morgan fingerprint density at radius 2 is 2.18 bits per heavy atom. The molecule has 0 amide bonds. The van der Waals surface area contributed by atoms with E-state index in [1.54, 1.807) is 0 Å². The van der Waals surface area contributed by atoms with Gasteiger partial charge in [0.05, 0.1) is 13.1 Å². The number of hydrogen-bond acceptors (Lipinski definition) is 3. The molecule has 4 nitrogen and oxygen atoms in total. The number of hydrogen-bond donors (Lipinski definition) is 1. The average molecular weight is 233 g/mol. The fourth-order valence-electron chi connectivity index (χ4n) is 1.88. The van der Waals surface area contributed by atoms with Crippen molar-refractivity contribution in [3.05, 3.63) is 41.9 Å². The van der Waals surface area contributed by atoms with Gasteiger partial charge in [-0.15, -0.1) is 0 Å². The van der Waals surface area contributed by atoms with Gasteiger partial charge in [0.1, 0.15) is 17.3 Å². The molecule has 0 aliphatic carbocycles. The van der Waals surface area contributed by atoms with Crippen LogP contribution in [-0.2, 0) is 19.5 Å². The van der Waals surface area contributed by atoms with Gasteiger partial charge < -0.3 is 14.3 Å². The van der Waals surface area contributed by atoms with E-state index in [0.29, 0.717) is 0 Å². The van der Waals surface area contributed by atoms with Gasteiger partial charge in [0, 0.05) is 18.8 Å². The maximum Gasteiger partial charge on any atom is 0.123 e. The van der Waals surface area contributed by atoms with Crippen molar-refractivity contribution in [1.82, 2.24) is 14.9 Å². The summed E-state index contributed by atoms with van der Waals surface area (Å²) in [7, 11) is 1.91. The standard InChI is InChI=1S/C13H19N3O/c1-3-4-13-15-7-8-16(13)10-12-6-5-11(17-12)9-14-2/h5-8,14H,3-4,9-10H2,1-2H3. The lowest BCUT2D eigenvalue weighted by Crippen LogP contribution is -2.04. The predicted octanol–water partition coefficient (Wildman–Crippen LogP) is 2.20. The van der Waals surface area contributed by atoms with Crippen LogP contribution in [0.1, 0.15) is 30.7 Å². The average Bonchev–Trinajstić information content (AvgIpc) is 2.91. The highest BCUT2D eigenvalue weighted by atomic mass is 16.3. The molecule has 0 saturated heterocycles. The first kappa shape index (κ1) is 11.9. The van der Waals surface area contributed by atoms with Crippen molar-refractivity contribution >= 4 is 0 Å². The Morgan fingerprint density at radius 1 is 1.35 bits per heavy atom. The molecule has 1 N–H and O–H groups in total. The molecule has 0 atom stereocenters. The number of imidazole rings is 1. The third kappa shape index (κ3) is 2.97. The maximum absolute atomic E-state index is 5.72. The van der Waals surface area contributed by atoms with Crippen molar-refractivity contribution in [3.8, 4) is 0 Å². The van der Waals surface area contributed by atoms with Crippen LogP contribution in [0.5, 0.6) is 0 Å². The first-order valence-electron chi connectivity index (χ1n) is 6.05. The van der Waals surface area contributed by atoms with Crippen molar-refractivity contribution in [2.24, 2.45) is 0 Å². The summed E-state index contributed by atoms with van der Waals surface area (Å²) in [4.78, 5) is 4.35. The molecule has 92 valence electrons. The molecule has 0 radical (unpaired) electrons. The lowest BCUT2D eigenvalue weighted by atomic mass is 10.3. The molecule has 0 unspecified atom stereocenters. The van der Waals surface area contributed by atoms with Gasteiger partial charge in [0.2, 0.25) is 0 Å². The Morgan fingerprint density at radius 3 is 2.94 bits per heavy atom. The summed E-state index contributed by atoms with van der Waals surface area (Å²) >= 11 is 0. The van der Waals surface area contributed by atoms with Gasteiger partial charge in [-0.05, 0) is 25.6 Å². The summed E-state index contributed by atoms with van der Waals surface area (Å²) in [6.07, 6.45) is 5.98. The first-order valence-corrected chi connectivity index (χ1v) is 6.05. The highest BCUT2D eigenvalue weighted by molar-refractivity contribution is 5.08. The van der Waals surface area contributed by atoms with Gasteiger partial charge in [0.25, 0.3) is 0 Å². The smallest absolute Gasteiger partial charge is 0.123 e. The second-order valence-electron chi connectivity index (χ2n) is 4.12. The normalized spacial score (nSPS) is 10.9. The predicted molar refractivity (Wildman–Crippen MR) is 66.8 cm³/mol. The van der Waals surface area contributed by atoms with Crippen LogP contribution in [0.15, 0.2) is 28.9 Å². The van der Waals surface area contributed by atoms with E-state index in [1.165, 1.54) is 0 Å². The molecule has 0 fully saturated rings. The number of aryl methyl sites for hydroxylation is 1. The first-order chi connectivity index (χ1) is 8.33. The highest BCUT2D eigenvalue weighted by Crippen LogP contribution is 2.11. The molecule has 2 heterocycles. The van der Waals surface area contributed by atoms with Gasteiger partial charge >= 0.3 is 0 Å². The number of rotatable bonds is 6. The highest BCUT2D eigenvalue weighted by Gasteiger charge is 2.05. The summed E-state index contributed by atoms with van der Waals surface area (Å²) < 4.78 is 7.86. The Labute approximate surface area is 102 Å². The van der Waals surface area contributed by atoms with E-state index in [9.17, 15) is 0 Å². The fraction of sp³-hybridized carbons (Fsp3) is 0.462. The third-order valence-corrected chi connectivity index (χ3v) is 2.67. The van der Waals surface area contributed by atoms with Crippen LogP contribution in [0.25, 0.3) is 0 Å². The molecular weight excluding hydrogens is 214 g/mol. The molecule has 0 aromatic carbocycles. The second-order valence-corrected chi connectivity index (χ2v) is 4.12. The number of aromatic nitrogens is 2. The van der Waals surface area contributed by atoms with E-state index < -0.39 is 0 Å². The minimum atomic E-state index is 0.763. The van der Waals surface area contributed by atoms with Gasteiger partial charge in [0.15, 0.2) is 0 Å². The van der Waals surface area contributed by atoms with Crippen molar-refractivity contribution in [3.63, 3.8) is 0 Å². The van der Waals surface area contributed by atoms with Crippen LogP contribution >= 0.6 is 0 Å². The molecule has 0 saturated carbocycles. The zero-order valence-electron chi connectivity index (χ0n) is 10.4. The van der Waals surface area contributed by atoms with E-state index in [-0.39, 0.29) is 0 Å². The summed E-state index contributed by atoms with van der Waals surface area (Å²) in [6, 6.07) is 4.05. The molecule has 2 aromatic heterocycles. The van der Waals surface area contributed by atoms with Gasteiger partial charge in [-0.1, -0.05) is 6.92 Å². The van der Waals surface area contributed by atoms with Gasteiger partial charge in [-0.2, -0.15) is 0 Å². The Kier molecular flexibility index (Phi) is 3.98. The SMILES string of the molecule is CCCc1nccn1Cc1ccc(CNC)o1.